The third kappa shape index (κ3) is 2.77. The van der Waals surface area contributed by atoms with Crippen LogP contribution in [0.15, 0.2) is 51.7 Å². The maximum atomic E-state index is 12.5. The van der Waals surface area contributed by atoms with E-state index in [1.165, 1.54) is 4.57 Å². The minimum absolute atomic E-state index is 0.259. The average Bonchev–Trinajstić information content (AvgIpc) is 2.85. The van der Waals surface area contributed by atoms with Crippen molar-refractivity contribution in [2.45, 2.75) is 26.8 Å². The number of nitrogens with zero attached hydrogens (tertiary/aromatic N) is 1. The first-order chi connectivity index (χ1) is 11.0. The summed E-state index contributed by atoms with van der Waals surface area (Å²) in [5.41, 5.74) is 3.94. The Labute approximate surface area is 133 Å². The molecule has 1 heterocycles. The SMILES string of the molecule is Cc1ccc(NC(=O)C(C)n2c(=O)oc3ccccc32)c(C)c1. The normalized spacial score (nSPS) is 12.3. The zero-order valence-corrected chi connectivity index (χ0v) is 13.3. The molecule has 2 aromatic carbocycles. The summed E-state index contributed by atoms with van der Waals surface area (Å²) in [4.78, 5) is 24.6. The highest BCUT2D eigenvalue weighted by atomic mass is 16.4. The first-order valence-electron chi connectivity index (χ1n) is 7.45. The summed E-state index contributed by atoms with van der Waals surface area (Å²) in [6.45, 7) is 5.62. The summed E-state index contributed by atoms with van der Waals surface area (Å²) in [7, 11) is 0. The number of para-hydroxylation sites is 2. The van der Waals surface area contributed by atoms with Gasteiger partial charge in [-0.3, -0.25) is 9.36 Å². The third-order valence-corrected chi connectivity index (χ3v) is 3.93. The van der Waals surface area contributed by atoms with Crippen molar-refractivity contribution >= 4 is 22.7 Å². The van der Waals surface area contributed by atoms with E-state index in [0.29, 0.717) is 11.1 Å². The van der Waals surface area contributed by atoms with Gasteiger partial charge in [-0.1, -0.05) is 29.8 Å². The molecule has 1 N–H and O–H groups in total. The van der Waals surface area contributed by atoms with Gasteiger partial charge >= 0.3 is 5.76 Å². The monoisotopic (exact) mass is 310 g/mol. The van der Waals surface area contributed by atoms with E-state index in [2.05, 4.69) is 5.32 Å². The van der Waals surface area contributed by atoms with E-state index in [1.54, 1.807) is 25.1 Å². The molecule has 118 valence electrons. The quantitative estimate of drug-likeness (QED) is 0.806. The zero-order chi connectivity index (χ0) is 16.6. The topological polar surface area (TPSA) is 64.2 Å². The van der Waals surface area contributed by atoms with E-state index in [0.717, 1.165) is 16.8 Å². The van der Waals surface area contributed by atoms with Crippen molar-refractivity contribution in [1.82, 2.24) is 4.57 Å². The lowest BCUT2D eigenvalue weighted by molar-refractivity contribution is -0.118. The van der Waals surface area contributed by atoms with Gasteiger partial charge in [0, 0.05) is 5.69 Å². The highest BCUT2D eigenvalue weighted by molar-refractivity contribution is 5.95. The lowest BCUT2D eigenvalue weighted by Crippen LogP contribution is -2.29. The Kier molecular flexibility index (Phi) is 3.78. The van der Waals surface area contributed by atoms with Crippen molar-refractivity contribution in [3.63, 3.8) is 0 Å². The molecule has 1 aromatic heterocycles. The van der Waals surface area contributed by atoms with Crippen LogP contribution in [0.4, 0.5) is 5.69 Å². The Morgan fingerprint density at radius 1 is 1.17 bits per heavy atom. The molecule has 0 aliphatic rings. The van der Waals surface area contributed by atoms with E-state index in [4.69, 9.17) is 4.42 Å². The van der Waals surface area contributed by atoms with Gasteiger partial charge in [0.1, 0.15) is 6.04 Å². The molecule has 3 aromatic rings. The van der Waals surface area contributed by atoms with Crippen LogP contribution in [0.2, 0.25) is 0 Å². The maximum absolute atomic E-state index is 12.5. The molecule has 5 heteroatoms. The van der Waals surface area contributed by atoms with Gasteiger partial charge in [0.15, 0.2) is 5.58 Å². The van der Waals surface area contributed by atoms with Gasteiger partial charge in [0.2, 0.25) is 5.91 Å². The van der Waals surface area contributed by atoms with Crippen LogP contribution in [0, 0.1) is 13.8 Å². The molecule has 0 saturated heterocycles. The Bertz CT molecular complexity index is 937. The predicted octanol–water partition coefficient (Wildman–Crippen LogP) is 3.41. The molecule has 1 amide bonds. The standard InChI is InChI=1S/C18H18N2O3/c1-11-8-9-14(12(2)10-11)19-17(21)13(3)20-15-6-4-5-7-16(15)23-18(20)22/h4-10,13H,1-3H3,(H,19,21). The smallest absolute Gasteiger partial charge is 0.408 e. The minimum Gasteiger partial charge on any atom is -0.408 e. The van der Waals surface area contributed by atoms with Crippen LogP contribution in [-0.2, 0) is 4.79 Å². The summed E-state index contributed by atoms with van der Waals surface area (Å²) in [5, 5.41) is 2.88. The van der Waals surface area contributed by atoms with Crippen LogP contribution >= 0.6 is 0 Å². The summed E-state index contributed by atoms with van der Waals surface area (Å²) >= 11 is 0. The molecular formula is C18H18N2O3. The highest BCUT2D eigenvalue weighted by Crippen LogP contribution is 2.20. The van der Waals surface area contributed by atoms with Gasteiger partial charge < -0.3 is 9.73 Å². The number of nitrogens with one attached hydrogen (secondary N) is 1. The predicted molar refractivity (Wildman–Crippen MR) is 89.7 cm³/mol. The number of carbonyl (C=O) groups is 1. The average molecular weight is 310 g/mol. The molecule has 0 aliphatic carbocycles. The van der Waals surface area contributed by atoms with Crippen LogP contribution in [0.1, 0.15) is 24.1 Å². The van der Waals surface area contributed by atoms with Crippen LogP contribution in [0.25, 0.3) is 11.1 Å². The van der Waals surface area contributed by atoms with E-state index in [-0.39, 0.29) is 5.91 Å². The molecule has 5 nitrogen and oxygen atoms in total. The summed E-state index contributed by atoms with van der Waals surface area (Å²) in [6, 6.07) is 12.2. The molecule has 0 aliphatic heterocycles. The maximum Gasteiger partial charge on any atom is 0.420 e. The number of hydrogen-bond acceptors (Lipinski definition) is 3. The van der Waals surface area contributed by atoms with E-state index >= 15 is 0 Å². The summed E-state index contributed by atoms with van der Waals surface area (Å²) in [6.07, 6.45) is 0. The Hall–Kier alpha value is -2.82. The molecule has 3 rings (SSSR count). The Morgan fingerprint density at radius 2 is 1.91 bits per heavy atom. The molecule has 1 unspecified atom stereocenters. The van der Waals surface area contributed by atoms with E-state index in [9.17, 15) is 9.59 Å². The van der Waals surface area contributed by atoms with Gasteiger partial charge in [-0.2, -0.15) is 0 Å². The van der Waals surface area contributed by atoms with Crippen LogP contribution < -0.4 is 11.1 Å². The first kappa shape index (κ1) is 15.1. The summed E-state index contributed by atoms with van der Waals surface area (Å²) < 4.78 is 6.56. The number of benzene rings is 2. The molecule has 0 saturated carbocycles. The number of aryl methyl sites for hydroxylation is 2. The summed E-state index contributed by atoms with van der Waals surface area (Å²) in [5.74, 6) is -0.792. The Balaban J connectivity index is 1.92. The van der Waals surface area contributed by atoms with Crippen molar-refractivity contribution in [2.24, 2.45) is 0 Å². The van der Waals surface area contributed by atoms with Crippen molar-refractivity contribution in [3.8, 4) is 0 Å². The molecule has 0 radical (unpaired) electrons. The van der Waals surface area contributed by atoms with Gasteiger partial charge in [0.05, 0.1) is 5.52 Å². The van der Waals surface area contributed by atoms with Gasteiger partial charge in [-0.05, 0) is 44.5 Å². The highest BCUT2D eigenvalue weighted by Gasteiger charge is 2.21. The largest absolute Gasteiger partial charge is 0.420 e. The zero-order valence-electron chi connectivity index (χ0n) is 13.3. The van der Waals surface area contributed by atoms with Crippen molar-refractivity contribution < 1.29 is 9.21 Å². The number of oxazole rings is 1. The fourth-order valence-electron chi connectivity index (χ4n) is 2.66. The number of aromatic nitrogens is 1. The molecule has 0 bridgehead atoms. The molecule has 23 heavy (non-hydrogen) atoms. The van der Waals surface area contributed by atoms with Gasteiger partial charge in [-0.15, -0.1) is 0 Å². The molecule has 0 spiro atoms. The van der Waals surface area contributed by atoms with Crippen molar-refractivity contribution in [2.75, 3.05) is 5.32 Å². The number of hydrogen-bond donors (Lipinski definition) is 1. The second-order valence-electron chi connectivity index (χ2n) is 5.69. The lowest BCUT2D eigenvalue weighted by atomic mass is 10.1. The number of anilines is 1. The second-order valence-corrected chi connectivity index (χ2v) is 5.69. The molecular weight excluding hydrogens is 292 g/mol. The van der Waals surface area contributed by atoms with Gasteiger partial charge in [-0.25, -0.2) is 4.79 Å². The van der Waals surface area contributed by atoms with Crippen molar-refractivity contribution in [1.29, 1.82) is 0 Å². The number of carbonyl (C=O) groups excluding carboxylic acids is 1. The van der Waals surface area contributed by atoms with Gasteiger partial charge in [0.25, 0.3) is 0 Å². The van der Waals surface area contributed by atoms with Crippen LogP contribution in [0.5, 0.6) is 0 Å². The number of amides is 1. The first-order valence-corrected chi connectivity index (χ1v) is 7.45. The number of fused-ring (bicyclic) bond motifs is 1. The van der Waals surface area contributed by atoms with Crippen molar-refractivity contribution in [3.05, 3.63) is 64.1 Å². The fourth-order valence-corrected chi connectivity index (χ4v) is 2.66. The molecule has 1 atom stereocenters. The van der Waals surface area contributed by atoms with Crippen LogP contribution in [-0.4, -0.2) is 10.5 Å². The van der Waals surface area contributed by atoms with E-state index < -0.39 is 11.8 Å². The fraction of sp³-hybridized carbons (Fsp3) is 0.222. The Morgan fingerprint density at radius 3 is 2.65 bits per heavy atom. The van der Waals surface area contributed by atoms with Crippen LogP contribution in [0.3, 0.4) is 0 Å². The minimum atomic E-state index is -0.674. The number of rotatable bonds is 3. The third-order valence-electron chi connectivity index (χ3n) is 3.93. The second kappa shape index (κ2) is 5.76. The van der Waals surface area contributed by atoms with E-state index in [1.807, 2.05) is 38.1 Å². The lowest BCUT2D eigenvalue weighted by Gasteiger charge is -2.15. The molecule has 0 fully saturated rings.